The van der Waals surface area contributed by atoms with E-state index >= 15 is 0 Å². The molecule has 0 saturated carbocycles. The van der Waals surface area contributed by atoms with Crippen molar-refractivity contribution in [2.45, 2.75) is 52.6 Å². The number of carbonyl (C=O) groups is 1. The first kappa shape index (κ1) is 12.5. The van der Waals surface area contributed by atoms with Crippen LogP contribution in [0.1, 0.15) is 34.1 Å². The molecule has 88 valence electrons. The molecule has 15 heavy (non-hydrogen) atoms. The van der Waals surface area contributed by atoms with Crippen molar-refractivity contribution in [3.63, 3.8) is 0 Å². The van der Waals surface area contributed by atoms with Gasteiger partial charge in [-0.05, 0) is 18.3 Å². The zero-order valence-electron chi connectivity index (χ0n) is 9.86. The first-order chi connectivity index (χ1) is 6.97. The molecule has 1 aliphatic rings. The molecule has 1 rings (SSSR count). The van der Waals surface area contributed by atoms with E-state index in [2.05, 4.69) is 12.2 Å². The molecule has 1 aliphatic heterocycles. The molecule has 2 N–H and O–H groups in total. The molecule has 4 heteroatoms. The van der Waals surface area contributed by atoms with Gasteiger partial charge in [-0.1, -0.05) is 20.8 Å². The third kappa shape index (κ3) is 2.69. The Morgan fingerprint density at radius 2 is 2.00 bits per heavy atom. The molecule has 0 radical (unpaired) electrons. The molecule has 5 atom stereocenters. The maximum Gasteiger partial charge on any atom is 0.217 e. The van der Waals surface area contributed by atoms with E-state index in [0.717, 1.165) is 6.42 Å². The molecular formula is C11H21NO3. The molecule has 3 unspecified atom stereocenters. The van der Waals surface area contributed by atoms with E-state index in [-0.39, 0.29) is 24.0 Å². The van der Waals surface area contributed by atoms with Gasteiger partial charge in [0.15, 0.2) is 6.29 Å². The molecule has 1 saturated heterocycles. The second-order valence-electron chi connectivity index (χ2n) is 4.42. The first-order valence-corrected chi connectivity index (χ1v) is 5.58. The lowest BCUT2D eigenvalue weighted by atomic mass is 9.81. The van der Waals surface area contributed by atoms with Crippen molar-refractivity contribution in [1.82, 2.24) is 5.32 Å². The van der Waals surface area contributed by atoms with E-state index in [4.69, 9.17) is 4.74 Å². The Morgan fingerprint density at radius 1 is 1.40 bits per heavy atom. The summed E-state index contributed by atoms with van der Waals surface area (Å²) in [5, 5.41) is 12.5. The number of amides is 1. The minimum atomic E-state index is -0.884. The van der Waals surface area contributed by atoms with Crippen molar-refractivity contribution in [2.75, 3.05) is 0 Å². The highest BCUT2D eigenvalue weighted by Gasteiger charge is 2.40. The predicted molar refractivity (Wildman–Crippen MR) is 57.1 cm³/mol. The van der Waals surface area contributed by atoms with Crippen LogP contribution in [-0.4, -0.2) is 29.4 Å². The number of hydrogen-bond donors (Lipinski definition) is 2. The summed E-state index contributed by atoms with van der Waals surface area (Å²) in [6, 6.07) is -0.291. The fraction of sp³-hybridized carbons (Fsp3) is 0.909. The van der Waals surface area contributed by atoms with Crippen LogP contribution in [0.25, 0.3) is 0 Å². The summed E-state index contributed by atoms with van der Waals surface area (Å²) in [5.41, 5.74) is 0. The minimum Gasteiger partial charge on any atom is -0.366 e. The number of nitrogens with one attached hydrogen (secondary N) is 1. The van der Waals surface area contributed by atoms with Crippen LogP contribution in [0.2, 0.25) is 0 Å². The van der Waals surface area contributed by atoms with E-state index < -0.39 is 6.29 Å². The van der Waals surface area contributed by atoms with Gasteiger partial charge >= 0.3 is 0 Å². The van der Waals surface area contributed by atoms with Crippen LogP contribution in [0.4, 0.5) is 0 Å². The van der Waals surface area contributed by atoms with Crippen LogP contribution in [-0.2, 0) is 9.53 Å². The summed E-state index contributed by atoms with van der Waals surface area (Å²) in [7, 11) is 0. The second-order valence-corrected chi connectivity index (χ2v) is 4.42. The lowest BCUT2D eigenvalue weighted by Gasteiger charge is -2.42. The highest BCUT2D eigenvalue weighted by atomic mass is 16.6. The molecule has 1 amide bonds. The van der Waals surface area contributed by atoms with Gasteiger partial charge in [0, 0.05) is 6.92 Å². The fourth-order valence-corrected chi connectivity index (χ4v) is 2.22. The lowest BCUT2D eigenvalue weighted by Crippen LogP contribution is -2.56. The lowest BCUT2D eigenvalue weighted by molar-refractivity contribution is -0.212. The Labute approximate surface area is 91.0 Å². The van der Waals surface area contributed by atoms with Crippen molar-refractivity contribution in [1.29, 1.82) is 0 Å². The maximum atomic E-state index is 11.0. The van der Waals surface area contributed by atoms with Gasteiger partial charge in [0.05, 0.1) is 12.1 Å². The largest absolute Gasteiger partial charge is 0.366 e. The summed E-state index contributed by atoms with van der Waals surface area (Å²) in [5.74, 6) is 0.439. The van der Waals surface area contributed by atoms with Gasteiger partial charge < -0.3 is 15.2 Å². The number of carbonyl (C=O) groups excluding carboxylic acids is 1. The van der Waals surface area contributed by atoms with Gasteiger partial charge in [0.25, 0.3) is 0 Å². The molecule has 0 aromatic carbocycles. The summed E-state index contributed by atoms with van der Waals surface area (Å²) in [4.78, 5) is 11.0. The van der Waals surface area contributed by atoms with Crippen LogP contribution in [0, 0.1) is 11.8 Å². The number of aliphatic hydroxyl groups excluding tert-OH is 1. The normalized spacial score (nSPS) is 41.3. The Kier molecular flexibility index (Phi) is 4.11. The standard InChI is InChI=1S/C11H21NO3/c1-5-9-6(2)7(3)10(11(14)15-9)12-8(4)13/h6-7,9-11,14H,5H2,1-4H3,(H,12,13)/t6-,7-,9?,10?,11?/m0/s1. The van der Waals surface area contributed by atoms with Crippen LogP contribution >= 0.6 is 0 Å². The van der Waals surface area contributed by atoms with E-state index in [0.29, 0.717) is 5.92 Å². The topological polar surface area (TPSA) is 58.6 Å². The second kappa shape index (κ2) is 4.94. The average molecular weight is 215 g/mol. The van der Waals surface area contributed by atoms with Crippen molar-refractivity contribution < 1.29 is 14.6 Å². The zero-order valence-corrected chi connectivity index (χ0v) is 9.86. The summed E-state index contributed by atoms with van der Waals surface area (Å²) in [6.07, 6.45) is 0.0834. The highest BCUT2D eigenvalue weighted by molar-refractivity contribution is 5.73. The molecule has 1 fully saturated rings. The number of ether oxygens (including phenoxy) is 1. The van der Waals surface area contributed by atoms with E-state index in [1.807, 2.05) is 13.8 Å². The molecule has 0 aromatic heterocycles. The summed E-state index contributed by atoms with van der Waals surface area (Å²) in [6.45, 7) is 7.63. The maximum absolute atomic E-state index is 11.0. The zero-order chi connectivity index (χ0) is 11.6. The fourth-order valence-electron chi connectivity index (χ4n) is 2.22. The van der Waals surface area contributed by atoms with E-state index in [9.17, 15) is 9.90 Å². The van der Waals surface area contributed by atoms with E-state index in [1.54, 1.807) is 0 Å². The Bertz CT molecular complexity index is 232. The number of rotatable bonds is 2. The van der Waals surface area contributed by atoms with Crippen LogP contribution in [0.5, 0.6) is 0 Å². The van der Waals surface area contributed by atoms with Crippen LogP contribution in [0.15, 0.2) is 0 Å². The molecule has 0 bridgehead atoms. The smallest absolute Gasteiger partial charge is 0.217 e. The molecule has 0 aliphatic carbocycles. The van der Waals surface area contributed by atoms with Gasteiger partial charge in [0.1, 0.15) is 0 Å². The van der Waals surface area contributed by atoms with E-state index in [1.165, 1.54) is 6.92 Å². The third-order valence-corrected chi connectivity index (χ3v) is 3.38. The van der Waals surface area contributed by atoms with Crippen molar-refractivity contribution in [2.24, 2.45) is 11.8 Å². The predicted octanol–water partition coefficient (Wildman–Crippen LogP) is 0.890. The van der Waals surface area contributed by atoms with Crippen molar-refractivity contribution in [3.8, 4) is 0 Å². The van der Waals surface area contributed by atoms with Crippen molar-refractivity contribution in [3.05, 3.63) is 0 Å². The van der Waals surface area contributed by atoms with Gasteiger partial charge in [0.2, 0.25) is 5.91 Å². The van der Waals surface area contributed by atoms with Crippen LogP contribution in [0.3, 0.4) is 0 Å². The van der Waals surface area contributed by atoms with Gasteiger partial charge in [-0.25, -0.2) is 0 Å². The van der Waals surface area contributed by atoms with Gasteiger partial charge in [-0.3, -0.25) is 4.79 Å². The minimum absolute atomic E-state index is 0.0833. The summed E-state index contributed by atoms with van der Waals surface area (Å²) >= 11 is 0. The number of hydrogen-bond acceptors (Lipinski definition) is 3. The Balaban J connectivity index is 2.70. The highest BCUT2D eigenvalue weighted by Crippen LogP contribution is 2.31. The average Bonchev–Trinajstić information content (AvgIpc) is 2.18. The SMILES string of the molecule is CCC1OC(O)C(NC(C)=O)[C@@H](C)[C@@H]1C. The quantitative estimate of drug-likeness (QED) is 0.719. The molecule has 4 nitrogen and oxygen atoms in total. The van der Waals surface area contributed by atoms with Gasteiger partial charge in [-0.15, -0.1) is 0 Å². The molecular weight excluding hydrogens is 194 g/mol. The van der Waals surface area contributed by atoms with Crippen LogP contribution < -0.4 is 5.32 Å². The summed E-state index contributed by atoms with van der Waals surface area (Å²) < 4.78 is 5.47. The number of aliphatic hydroxyl groups is 1. The molecule has 0 aromatic rings. The first-order valence-electron chi connectivity index (χ1n) is 5.58. The Morgan fingerprint density at radius 3 is 2.47 bits per heavy atom. The monoisotopic (exact) mass is 215 g/mol. The molecule has 1 heterocycles. The Hall–Kier alpha value is -0.610. The van der Waals surface area contributed by atoms with Crippen molar-refractivity contribution >= 4 is 5.91 Å². The van der Waals surface area contributed by atoms with Gasteiger partial charge in [-0.2, -0.15) is 0 Å². The molecule has 0 spiro atoms. The third-order valence-electron chi connectivity index (χ3n) is 3.38.